The summed E-state index contributed by atoms with van der Waals surface area (Å²) in [6.45, 7) is 3.72. The number of rotatable bonds is 3. The number of piperidine rings is 1. The molecule has 0 bridgehead atoms. The van der Waals surface area contributed by atoms with Crippen molar-refractivity contribution in [2.45, 2.75) is 38.8 Å². The smallest absolute Gasteiger partial charge is 0.288 e. The molecule has 26 heavy (non-hydrogen) atoms. The Bertz CT molecular complexity index is 793. The van der Waals surface area contributed by atoms with Crippen LogP contribution in [-0.2, 0) is 19.5 Å². The van der Waals surface area contributed by atoms with Gasteiger partial charge in [0.25, 0.3) is 5.91 Å². The monoisotopic (exact) mass is 357 g/mol. The number of halogens is 1. The predicted molar refractivity (Wildman–Crippen MR) is 95.1 cm³/mol. The molecule has 0 radical (unpaired) electrons. The van der Waals surface area contributed by atoms with Crippen molar-refractivity contribution in [3.05, 3.63) is 47.3 Å². The van der Waals surface area contributed by atoms with Gasteiger partial charge in [0.05, 0.1) is 0 Å². The van der Waals surface area contributed by atoms with E-state index in [1.807, 2.05) is 16.7 Å². The van der Waals surface area contributed by atoms with Crippen LogP contribution in [0.1, 0.15) is 41.3 Å². The molecular formula is C19H24FN5O. The molecular weight excluding hydrogens is 333 g/mol. The van der Waals surface area contributed by atoms with Gasteiger partial charge in [-0.15, -0.1) is 10.2 Å². The summed E-state index contributed by atoms with van der Waals surface area (Å²) >= 11 is 0. The van der Waals surface area contributed by atoms with E-state index < -0.39 is 0 Å². The maximum atomic E-state index is 13.1. The summed E-state index contributed by atoms with van der Waals surface area (Å²) in [4.78, 5) is 14.5. The van der Waals surface area contributed by atoms with Gasteiger partial charge in [0.15, 0.2) is 0 Å². The second-order valence-electron chi connectivity index (χ2n) is 7.51. The molecule has 0 atom stereocenters. The normalized spacial score (nSPS) is 19.3. The van der Waals surface area contributed by atoms with Crippen molar-refractivity contribution in [2.24, 2.45) is 5.41 Å². The van der Waals surface area contributed by atoms with Crippen molar-refractivity contribution >= 4 is 5.91 Å². The van der Waals surface area contributed by atoms with E-state index in [0.717, 1.165) is 63.3 Å². The van der Waals surface area contributed by atoms with Crippen LogP contribution >= 0.6 is 0 Å². The highest BCUT2D eigenvalue weighted by molar-refractivity contribution is 5.90. The van der Waals surface area contributed by atoms with Crippen molar-refractivity contribution in [2.75, 3.05) is 20.1 Å². The zero-order valence-corrected chi connectivity index (χ0v) is 15.0. The van der Waals surface area contributed by atoms with E-state index >= 15 is 0 Å². The van der Waals surface area contributed by atoms with Gasteiger partial charge >= 0.3 is 0 Å². The lowest BCUT2D eigenvalue weighted by Crippen LogP contribution is -2.44. The number of aryl methyl sites for hydroxylation is 1. The minimum Gasteiger partial charge on any atom is -0.352 e. The topological polar surface area (TPSA) is 63.1 Å². The number of hydrogen-bond acceptors (Lipinski definition) is 4. The molecule has 138 valence electrons. The fourth-order valence-electron chi connectivity index (χ4n) is 4.20. The summed E-state index contributed by atoms with van der Waals surface area (Å²) in [6, 6.07) is 6.77. The maximum absolute atomic E-state index is 13.1. The Balaban J connectivity index is 1.42. The predicted octanol–water partition coefficient (Wildman–Crippen LogP) is 2.01. The molecule has 3 heterocycles. The number of benzene rings is 1. The molecule has 1 aromatic heterocycles. The minimum atomic E-state index is -0.190. The first-order chi connectivity index (χ1) is 12.6. The van der Waals surface area contributed by atoms with E-state index in [0.29, 0.717) is 5.82 Å². The van der Waals surface area contributed by atoms with Crippen molar-refractivity contribution < 1.29 is 9.18 Å². The average Bonchev–Trinajstić information content (AvgIpc) is 3.08. The van der Waals surface area contributed by atoms with Crippen LogP contribution in [0.5, 0.6) is 0 Å². The van der Waals surface area contributed by atoms with E-state index in [2.05, 4.69) is 20.4 Å². The molecule has 4 rings (SSSR count). The number of fused-ring (bicyclic) bond motifs is 1. The number of amides is 1. The number of aromatic nitrogens is 3. The maximum Gasteiger partial charge on any atom is 0.288 e. The summed E-state index contributed by atoms with van der Waals surface area (Å²) in [5.74, 6) is 0.984. The molecule has 1 N–H and O–H groups in total. The van der Waals surface area contributed by atoms with E-state index in [1.165, 1.54) is 12.1 Å². The van der Waals surface area contributed by atoms with Gasteiger partial charge in [-0.05, 0) is 55.5 Å². The summed E-state index contributed by atoms with van der Waals surface area (Å²) < 4.78 is 15.1. The number of nitrogens with one attached hydrogen (secondary N) is 1. The van der Waals surface area contributed by atoms with Crippen LogP contribution in [0.25, 0.3) is 0 Å². The van der Waals surface area contributed by atoms with Gasteiger partial charge in [-0.25, -0.2) is 4.39 Å². The van der Waals surface area contributed by atoms with Crippen LogP contribution in [0.3, 0.4) is 0 Å². The first-order valence-corrected chi connectivity index (χ1v) is 9.20. The fourth-order valence-corrected chi connectivity index (χ4v) is 4.20. The standard InChI is InChI=1S/C19H24FN5O/c1-21-18(26)17-23-22-16-6-7-19(13-25(16)17)8-10-24(11-9-19)12-14-2-4-15(20)5-3-14/h2-5H,6-13H2,1H3,(H,21,26). The summed E-state index contributed by atoms with van der Waals surface area (Å²) in [5.41, 5.74) is 1.37. The molecule has 7 heteroatoms. The van der Waals surface area contributed by atoms with Crippen LogP contribution in [0, 0.1) is 11.2 Å². The SMILES string of the molecule is CNC(=O)c1nnc2n1CC1(CC2)CCN(Cc2ccc(F)cc2)CC1. The van der Waals surface area contributed by atoms with Gasteiger partial charge in [0.1, 0.15) is 11.6 Å². The average molecular weight is 357 g/mol. The highest BCUT2D eigenvalue weighted by Gasteiger charge is 2.39. The number of hydrogen-bond donors (Lipinski definition) is 1. The van der Waals surface area contributed by atoms with E-state index in [9.17, 15) is 9.18 Å². The Morgan fingerprint density at radius 2 is 1.92 bits per heavy atom. The molecule has 1 fully saturated rings. The number of carbonyl (C=O) groups is 1. The molecule has 0 unspecified atom stereocenters. The van der Waals surface area contributed by atoms with Crippen LogP contribution in [0.2, 0.25) is 0 Å². The summed E-state index contributed by atoms with van der Waals surface area (Å²) in [6.07, 6.45) is 4.17. The zero-order chi connectivity index (χ0) is 18.1. The van der Waals surface area contributed by atoms with Crippen molar-refractivity contribution in [3.63, 3.8) is 0 Å². The third-order valence-electron chi connectivity index (χ3n) is 5.87. The molecule has 1 aromatic carbocycles. The van der Waals surface area contributed by atoms with Gasteiger partial charge in [-0.2, -0.15) is 0 Å². The fraction of sp³-hybridized carbons (Fsp3) is 0.526. The lowest BCUT2D eigenvalue weighted by Gasteiger charge is -2.44. The van der Waals surface area contributed by atoms with Gasteiger partial charge in [-0.3, -0.25) is 9.69 Å². The second-order valence-corrected chi connectivity index (χ2v) is 7.51. The van der Waals surface area contributed by atoms with E-state index in [1.54, 1.807) is 7.05 Å². The van der Waals surface area contributed by atoms with Crippen LogP contribution < -0.4 is 5.32 Å². The minimum absolute atomic E-state index is 0.172. The Morgan fingerprint density at radius 3 is 2.62 bits per heavy atom. The van der Waals surface area contributed by atoms with E-state index in [4.69, 9.17) is 0 Å². The highest BCUT2D eigenvalue weighted by Crippen LogP contribution is 2.41. The summed E-state index contributed by atoms with van der Waals surface area (Å²) in [7, 11) is 1.62. The molecule has 6 nitrogen and oxygen atoms in total. The first kappa shape index (κ1) is 17.1. The molecule has 0 aliphatic carbocycles. The quantitative estimate of drug-likeness (QED) is 0.913. The first-order valence-electron chi connectivity index (χ1n) is 9.20. The van der Waals surface area contributed by atoms with Crippen molar-refractivity contribution in [1.82, 2.24) is 25.0 Å². The van der Waals surface area contributed by atoms with Crippen molar-refractivity contribution in [3.8, 4) is 0 Å². The third kappa shape index (κ3) is 3.23. The highest BCUT2D eigenvalue weighted by atomic mass is 19.1. The van der Waals surface area contributed by atoms with Gasteiger partial charge < -0.3 is 9.88 Å². The lowest BCUT2D eigenvalue weighted by molar-refractivity contribution is 0.0619. The van der Waals surface area contributed by atoms with Crippen LogP contribution in [0.15, 0.2) is 24.3 Å². The number of likely N-dealkylation sites (tertiary alicyclic amines) is 1. The van der Waals surface area contributed by atoms with Crippen LogP contribution in [-0.4, -0.2) is 45.7 Å². The molecule has 2 aliphatic rings. The molecule has 1 amide bonds. The lowest BCUT2D eigenvalue weighted by atomic mass is 9.73. The second kappa shape index (κ2) is 6.79. The molecule has 0 saturated carbocycles. The van der Waals surface area contributed by atoms with Crippen LogP contribution in [0.4, 0.5) is 4.39 Å². The van der Waals surface area contributed by atoms with Gasteiger partial charge in [0.2, 0.25) is 5.82 Å². The Kier molecular flexibility index (Phi) is 4.48. The zero-order valence-electron chi connectivity index (χ0n) is 15.0. The van der Waals surface area contributed by atoms with Gasteiger partial charge in [-0.1, -0.05) is 12.1 Å². The largest absolute Gasteiger partial charge is 0.352 e. The Hall–Kier alpha value is -2.28. The molecule has 1 spiro atoms. The third-order valence-corrected chi connectivity index (χ3v) is 5.87. The molecule has 1 saturated heterocycles. The Morgan fingerprint density at radius 1 is 1.19 bits per heavy atom. The van der Waals surface area contributed by atoms with E-state index in [-0.39, 0.29) is 17.1 Å². The summed E-state index contributed by atoms with van der Waals surface area (Å²) in [5, 5.41) is 10.9. The Labute approximate surface area is 152 Å². The molecule has 2 aromatic rings. The number of nitrogens with zero attached hydrogens (tertiary/aromatic N) is 4. The number of carbonyl (C=O) groups excluding carboxylic acids is 1. The van der Waals surface area contributed by atoms with Gasteiger partial charge in [0, 0.05) is 26.6 Å². The molecule has 2 aliphatic heterocycles. The van der Waals surface area contributed by atoms with Crippen molar-refractivity contribution in [1.29, 1.82) is 0 Å².